The summed E-state index contributed by atoms with van der Waals surface area (Å²) in [7, 11) is 0. The number of hydrogen-bond donors (Lipinski definition) is 2. The summed E-state index contributed by atoms with van der Waals surface area (Å²) in [6.07, 6.45) is 4.00. The summed E-state index contributed by atoms with van der Waals surface area (Å²) in [6.45, 7) is 3.73. The van der Waals surface area contributed by atoms with Gasteiger partial charge in [-0.25, -0.2) is 9.97 Å². The zero-order chi connectivity index (χ0) is 20.2. The van der Waals surface area contributed by atoms with Gasteiger partial charge in [0, 0.05) is 44.6 Å². The number of fused-ring (bicyclic) bond motifs is 1. The third-order valence-corrected chi connectivity index (χ3v) is 5.69. The van der Waals surface area contributed by atoms with E-state index in [2.05, 4.69) is 27.8 Å². The maximum Gasteiger partial charge on any atom is 0.270 e. The van der Waals surface area contributed by atoms with Crippen molar-refractivity contribution in [1.82, 2.24) is 20.2 Å². The van der Waals surface area contributed by atoms with Crippen LogP contribution < -0.4 is 10.6 Å². The van der Waals surface area contributed by atoms with E-state index < -0.39 is 0 Å². The Labute approximate surface area is 170 Å². The van der Waals surface area contributed by atoms with E-state index in [-0.39, 0.29) is 17.9 Å². The average Bonchev–Trinajstić information content (AvgIpc) is 2.74. The number of carbonyl (C=O) groups excluding carboxylic acids is 2. The van der Waals surface area contributed by atoms with Crippen molar-refractivity contribution in [3.63, 3.8) is 0 Å². The molecule has 3 heterocycles. The van der Waals surface area contributed by atoms with Crippen LogP contribution in [0.3, 0.4) is 0 Å². The highest BCUT2D eigenvalue weighted by Gasteiger charge is 2.26. The molecule has 4 rings (SSSR count). The Balaban J connectivity index is 1.53. The summed E-state index contributed by atoms with van der Waals surface area (Å²) >= 11 is 0. The minimum atomic E-state index is -0.121. The molecule has 1 aromatic heterocycles. The average molecular weight is 393 g/mol. The summed E-state index contributed by atoms with van der Waals surface area (Å²) in [5.74, 6) is 1.48. The normalized spacial score (nSPS) is 16.9. The Morgan fingerprint density at radius 1 is 1.17 bits per heavy atom. The molecule has 0 saturated carbocycles. The lowest BCUT2D eigenvalue weighted by molar-refractivity contribution is -0.129. The number of aromatic nitrogens is 2. The number of rotatable bonds is 5. The molecule has 1 aromatic carbocycles. The number of piperidine rings is 1. The molecular formula is C22H27N5O2. The first-order chi connectivity index (χ1) is 14.1. The molecule has 0 atom stereocenters. The quantitative estimate of drug-likeness (QED) is 0.811. The van der Waals surface area contributed by atoms with E-state index in [1.807, 2.05) is 23.1 Å². The Morgan fingerprint density at radius 2 is 1.93 bits per heavy atom. The predicted molar refractivity (Wildman–Crippen MR) is 111 cm³/mol. The van der Waals surface area contributed by atoms with Crippen molar-refractivity contribution in [2.24, 2.45) is 0 Å². The third kappa shape index (κ3) is 4.55. The largest absolute Gasteiger partial charge is 0.367 e. The Kier molecular flexibility index (Phi) is 5.74. The lowest BCUT2D eigenvalue weighted by Crippen LogP contribution is -2.42. The van der Waals surface area contributed by atoms with Crippen LogP contribution in [0.1, 0.15) is 47.2 Å². The minimum absolute atomic E-state index is 0.121. The van der Waals surface area contributed by atoms with E-state index in [1.165, 1.54) is 5.56 Å². The van der Waals surface area contributed by atoms with Crippen molar-refractivity contribution in [3.05, 3.63) is 53.0 Å². The molecule has 0 bridgehead atoms. The second-order valence-corrected chi connectivity index (χ2v) is 7.73. The summed E-state index contributed by atoms with van der Waals surface area (Å²) in [6, 6.07) is 10.5. The first-order valence-corrected chi connectivity index (χ1v) is 10.3. The minimum Gasteiger partial charge on any atom is -0.367 e. The molecule has 2 amide bonds. The van der Waals surface area contributed by atoms with Crippen molar-refractivity contribution >= 4 is 17.6 Å². The van der Waals surface area contributed by atoms with Crippen LogP contribution in [0.2, 0.25) is 0 Å². The number of amides is 2. The van der Waals surface area contributed by atoms with Crippen LogP contribution in [0.25, 0.3) is 0 Å². The zero-order valence-corrected chi connectivity index (χ0v) is 16.8. The highest BCUT2D eigenvalue weighted by molar-refractivity contribution is 5.96. The molecule has 2 aromatic rings. The molecule has 0 aliphatic carbocycles. The standard InChI is InChI=1S/C22H27N5O2/c1-15(28)27-13-10-17(11-14-27)24-21-18-9-12-23-22(29)20(18)25-19(26-21)8-7-16-5-3-2-4-6-16/h2-6,17H,7-14H2,1H3,(H,23,29)(H,24,25,26). The molecule has 0 spiro atoms. The Hall–Kier alpha value is -2.96. The Morgan fingerprint density at radius 3 is 2.66 bits per heavy atom. The molecule has 152 valence electrons. The zero-order valence-electron chi connectivity index (χ0n) is 16.8. The fraction of sp³-hybridized carbons (Fsp3) is 0.455. The molecule has 0 radical (unpaired) electrons. The first kappa shape index (κ1) is 19.4. The van der Waals surface area contributed by atoms with Gasteiger partial charge < -0.3 is 15.5 Å². The number of likely N-dealkylation sites (tertiary alicyclic amines) is 1. The second-order valence-electron chi connectivity index (χ2n) is 7.73. The van der Waals surface area contributed by atoms with Gasteiger partial charge in [0.25, 0.3) is 5.91 Å². The fourth-order valence-electron chi connectivity index (χ4n) is 4.00. The van der Waals surface area contributed by atoms with Crippen molar-refractivity contribution in [2.45, 2.75) is 45.1 Å². The van der Waals surface area contributed by atoms with Crippen LogP contribution >= 0.6 is 0 Å². The highest BCUT2D eigenvalue weighted by Crippen LogP contribution is 2.24. The molecule has 7 heteroatoms. The van der Waals surface area contributed by atoms with E-state index in [4.69, 9.17) is 4.98 Å². The van der Waals surface area contributed by atoms with Crippen molar-refractivity contribution in [2.75, 3.05) is 25.0 Å². The Bertz CT molecular complexity index is 892. The summed E-state index contributed by atoms with van der Waals surface area (Å²) in [5, 5.41) is 6.45. The molecule has 29 heavy (non-hydrogen) atoms. The molecule has 2 aliphatic heterocycles. The van der Waals surface area contributed by atoms with Gasteiger partial charge in [0.2, 0.25) is 5.91 Å². The topological polar surface area (TPSA) is 87.2 Å². The molecule has 0 unspecified atom stereocenters. The number of nitrogens with zero attached hydrogens (tertiary/aromatic N) is 3. The van der Waals surface area contributed by atoms with E-state index in [1.54, 1.807) is 6.92 Å². The van der Waals surface area contributed by atoms with Crippen LogP contribution in [0.5, 0.6) is 0 Å². The predicted octanol–water partition coefficient (Wildman–Crippen LogP) is 1.97. The first-order valence-electron chi connectivity index (χ1n) is 10.3. The van der Waals surface area contributed by atoms with E-state index in [0.29, 0.717) is 24.5 Å². The van der Waals surface area contributed by atoms with Gasteiger partial charge in [-0.15, -0.1) is 0 Å². The van der Waals surface area contributed by atoms with Gasteiger partial charge in [-0.05, 0) is 31.2 Å². The number of benzene rings is 1. The SMILES string of the molecule is CC(=O)N1CCC(Nc2nc(CCc3ccccc3)nc3c2CCNC3=O)CC1. The number of carbonyl (C=O) groups is 2. The van der Waals surface area contributed by atoms with E-state index >= 15 is 0 Å². The van der Waals surface area contributed by atoms with Crippen LogP contribution in [-0.2, 0) is 24.1 Å². The third-order valence-electron chi connectivity index (χ3n) is 5.69. The van der Waals surface area contributed by atoms with Gasteiger partial charge in [0.05, 0.1) is 0 Å². The van der Waals surface area contributed by atoms with Crippen LogP contribution in [-0.4, -0.2) is 52.4 Å². The lowest BCUT2D eigenvalue weighted by Gasteiger charge is -2.32. The molecular weight excluding hydrogens is 366 g/mol. The van der Waals surface area contributed by atoms with Gasteiger partial charge in [0.15, 0.2) is 0 Å². The maximum absolute atomic E-state index is 12.4. The number of aryl methyl sites for hydroxylation is 2. The maximum atomic E-state index is 12.4. The van der Waals surface area contributed by atoms with Crippen molar-refractivity contribution in [1.29, 1.82) is 0 Å². The van der Waals surface area contributed by atoms with Crippen LogP contribution in [0.4, 0.5) is 5.82 Å². The van der Waals surface area contributed by atoms with Crippen molar-refractivity contribution in [3.8, 4) is 0 Å². The number of anilines is 1. The van der Waals surface area contributed by atoms with Gasteiger partial charge in [-0.3, -0.25) is 9.59 Å². The van der Waals surface area contributed by atoms with Crippen molar-refractivity contribution < 1.29 is 9.59 Å². The van der Waals surface area contributed by atoms with Gasteiger partial charge in [0.1, 0.15) is 17.3 Å². The molecule has 7 nitrogen and oxygen atoms in total. The monoisotopic (exact) mass is 393 g/mol. The second kappa shape index (κ2) is 8.59. The lowest BCUT2D eigenvalue weighted by atomic mass is 10.0. The van der Waals surface area contributed by atoms with Crippen LogP contribution in [0, 0.1) is 0 Å². The van der Waals surface area contributed by atoms with E-state index in [0.717, 1.165) is 50.2 Å². The van der Waals surface area contributed by atoms with Crippen LogP contribution in [0.15, 0.2) is 30.3 Å². The highest BCUT2D eigenvalue weighted by atomic mass is 16.2. The summed E-state index contributed by atoms with van der Waals surface area (Å²) in [4.78, 5) is 35.2. The smallest absolute Gasteiger partial charge is 0.270 e. The number of nitrogens with one attached hydrogen (secondary N) is 2. The molecule has 1 saturated heterocycles. The summed E-state index contributed by atoms with van der Waals surface area (Å²) in [5.41, 5.74) is 2.63. The van der Waals surface area contributed by atoms with Gasteiger partial charge in [-0.1, -0.05) is 30.3 Å². The molecule has 2 N–H and O–H groups in total. The summed E-state index contributed by atoms with van der Waals surface area (Å²) < 4.78 is 0. The fourth-order valence-corrected chi connectivity index (χ4v) is 4.00. The molecule has 1 fully saturated rings. The van der Waals surface area contributed by atoms with E-state index in [9.17, 15) is 9.59 Å². The van der Waals surface area contributed by atoms with Gasteiger partial charge >= 0.3 is 0 Å². The molecule has 2 aliphatic rings. The number of hydrogen-bond acceptors (Lipinski definition) is 5. The van der Waals surface area contributed by atoms with Gasteiger partial charge in [-0.2, -0.15) is 0 Å².